The molecule has 0 aliphatic heterocycles. The minimum absolute atomic E-state index is 0.0524. The maximum absolute atomic E-state index is 13.4. The predicted octanol–water partition coefficient (Wildman–Crippen LogP) is 4.33. The van der Waals surface area contributed by atoms with Gasteiger partial charge in [0.05, 0.1) is 25.1 Å². The zero-order chi connectivity index (χ0) is 26.5. The number of carbonyl (C=O) groups excluding carboxylic acids is 1. The van der Waals surface area contributed by atoms with Crippen molar-refractivity contribution in [2.24, 2.45) is 5.73 Å². The minimum Gasteiger partial charge on any atom is -0.493 e. The van der Waals surface area contributed by atoms with Gasteiger partial charge >= 0.3 is 0 Å². The average Bonchev–Trinajstić information content (AvgIpc) is 2.85. The van der Waals surface area contributed by atoms with Gasteiger partial charge in [-0.1, -0.05) is 0 Å². The second kappa shape index (κ2) is 11.2. The number of hydrogen-bond acceptors (Lipinski definition) is 7. The normalized spacial score (nSPS) is 13.2. The van der Waals surface area contributed by atoms with Crippen LogP contribution in [-0.2, 0) is 11.1 Å². The summed E-state index contributed by atoms with van der Waals surface area (Å²) >= 11 is 0. The van der Waals surface area contributed by atoms with E-state index in [9.17, 15) is 14.3 Å². The highest BCUT2D eigenvalue weighted by molar-refractivity contribution is 5.96. The van der Waals surface area contributed by atoms with Crippen LogP contribution in [0.4, 0.5) is 4.39 Å². The second-order valence-electron chi connectivity index (χ2n) is 9.49. The van der Waals surface area contributed by atoms with E-state index in [0.717, 1.165) is 5.56 Å². The number of nitrogens with two attached hydrogens (primary N) is 1. The minimum atomic E-state index is -1.43. The van der Waals surface area contributed by atoms with Crippen LogP contribution in [0.15, 0.2) is 54.6 Å². The first-order valence-electron chi connectivity index (χ1n) is 11.7. The van der Waals surface area contributed by atoms with E-state index < -0.39 is 11.1 Å². The number of aliphatic hydroxyl groups is 2. The molecule has 3 rings (SSSR count). The fraction of sp³-hybridized carbons (Fsp3) is 0.357. The molecule has 0 radical (unpaired) electrons. The number of halogens is 1. The lowest BCUT2D eigenvalue weighted by Crippen LogP contribution is -2.31. The van der Waals surface area contributed by atoms with Crippen LogP contribution in [0.2, 0.25) is 0 Å². The van der Waals surface area contributed by atoms with Gasteiger partial charge in [0.2, 0.25) is 0 Å². The lowest BCUT2D eigenvalue weighted by atomic mass is 9.88. The molecular formula is C28H33FN2O5. The summed E-state index contributed by atoms with van der Waals surface area (Å²) in [6, 6.07) is 14.3. The predicted molar refractivity (Wildman–Crippen MR) is 136 cm³/mol. The molecule has 2 aromatic carbocycles. The highest BCUT2D eigenvalue weighted by Gasteiger charge is 2.29. The standard InChI is InChI=1S/C28H33FN2O5/c1-27(2,30)20-16-22(18-5-8-21(29)9-6-18)31-26(17-20)28(3,34)12-11-23(33)19-7-10-24(36-14-13-32)25(15-19)35-4/h5-10,15-17,32,34H,11-14,30H2,1-4H3/t28-/m1/s1. The molecule has 4 N–H and O–H groups in total. The Labute approximate surface area is 210 Å². The van der Waals surface area contributed by atoms with Crippen molar-refractivity contribution in [1.29, 1.82) is 0 Å². The van der Waals surface area contributed by atoms with Gasteiger partial charge in [0.1, 0.15) is 18.0 Å². The molecule has 0 bridgehead atoms. The Morgan fingerprint density at radius 1 is 1.06 bits per heavy atom. The van der Waals surface area contributed by atoms with Crippen LogP contribution in [-0.4, -0.2) is 41.3 Å². The first-order chi connectivity index (χ1) is 16.9. The van der Waals surface area contributed by atoms with E-state index in [0.29, 0.717) is 34.0 Å². The van der Waals surface area contributed by atoms with E-state index in [-0.39, 0.29) is 37.7 Å². The van der Waals surface area contributed by atoms with Gasteiger partial charge in [-0.3, -0.25) is 4.79 Å². The number of rotatable bonds is 11. The van der Waals surface area contributed by atoms with Crippen LogP contribution in [0, 0.1) is 5.82 Å². The number of carbonyl (C=O) groups is 1. The summed E-state index contributed by atoms with van der Waals surface area (Å²) in [7, 11) is 1.47. The lowest BCUT2D eigenvalue weighted by Gasteiger charge is -2.27. The maximum Gasteiger partial charge on any atom is 0.163 e. The van der Waals surface area contributed by atoms with Gasteiger partial charge < -0.3 is 25.4 Å². The fourth-order valence-electron chi connectivity index (χ4n) is 3.69. The molecule has 0 amide bonds. The molecule has 0 aliphatic rings. The summed E-state index contributed by atoms with van der Waals surface area (Å²) in [5, 5.41) is 20.3. The summed E-state index contributed by atoms with van der Waals surface area (Å²) in [5.74, 6) is 0.263. The molecule has 192 valence electrons. The Balaban J connectivity index is 1.85. The molecule has 0 fully saturated rings. The fourth-order valence-corrected chi connectivity index (χ4v) is 3.69. The van der Waals surface area contributed by atoms with E-state index in [4.69, 9.17) is 20.3 Å². The smallest absolute Gasteiger partial charge is 0.163 e. The molecular weight excluding hydrogens is 463 g/mol. The molecule has 8 heteroatoms. The summed E-state index contributed by atoms with van der Waals surface area (Å²) in [6.45, 7) is 5.27. The van der Waals surface area contributed by atoms with Gasteiger partial charge in [-0.15, -0.1) is 0 Å². The molecule has 0 saturated carbocycles. The Hall–Kier alpha value is -3.33. The van der Waals surface area contributed by atoms with Crippen LogP contribution in [0.1, 0.15) is 55.2 Å². The summed E-state index contributed by atoms with van der Waals surface area (Å²) in [6.07, 6.45) is 0.165. The van der Waals surface area contributed by atoms with Crippen molar-refractivity contribution < 1.29 is 28.9 Å². The van der Waals surface area contributed by atoms with E-state index in [1.807, 2.05) is 19.9 Å². The second-order valence-corrected chi connectivity index (χ2v) is 9.49. The third-order valence-corrected chi connectivity index (χ3v) is 5.93. The summed E-state index contributed by atoms with van der Waals surface area (Å²) in [4.78, 5) is 17.6. The van der Waals surface area contributed by atoms with Gasteiger partial charge in [-0.25, -0.2) is 9.37 Å². The van der Waals surface area contributed by atoms with Crippen molar-refractivity contribution in [2.75, 3.05) is 20.3 Å². The SMILES string of the molecule is COc1cc(C(=O)CC[C@@](C)(O)c2cc(C(C)(C)N)cc(-c3ccc(F)cc3)n2)ccc1OCCO. The van der Waals surface area contributed by atoms with Gasteiger partial charge in [0.25, 0.3) is 0 Å². The highest BCUT2D eigenvalue weighted by Crippen LogP contribution is 2.33. The lowest BCUT2D eigenvalue weighted by molar-refractivity contribution is 0.0396. The van der Waals surface area contributed by atoms with E-state index in [1.165, 1.54) is 19.2 Å². The van der Waals surface area contributed by atoms with Crippen LogP contribution in [0.5, 0.6) is 11.5 Å². The number of pyridine rings is 1. The van der Waals surface area contributed by atoms with Crippen molar-refractivity contribution in [1.82, 2.24) is 4.98 Å². The third kappa shape index (κ3) is 6.66. The molecule has 1 aromatic heterocycles. The molecule has 1 atom stereocenters. The number of methoxy groups -OCH3 is 1. The number of aromatic nitrogens is 1. The van der Waals surface area contributed by atoms with Gasteiger partial charge in [-0.05, 0) is 87.4 Å². The molecule has 7 nitrogen and oxygen atoms in total. The summed E-state index contributed by atoms with van der Waals surface area (Å²) < 4.78 is 24.2. The van der Waals surface area contributed by atoms with Crippen LogP contribution in [0.3, 0.4) is 0 Å². The number of benzene rings is 2. The zero-order valence-corrected chi connectivity index (χ0v) is 21.0. The van der Waals surface area contributed by atoms with Gasteiger partial charge in [-0.2, -0.15) is 0 Å². The quantitative estimate of drug-likeness (QED) is 0.339. The van der Waals surface area contributed by atoms with Crippen LogP contribution < -0.4 is 15.2 Å². The van der Waals surface area contributed by atoms with E-state index in [2.05, 4.69) is 4.98 Å². The number of Topliss-reactive ketones (excluding diaryl/α,β-unsaturated/α-hetero) is 1. The monoisotopic (exact) mass is 496 g/mol. The van der Waals surface area contributed by atoms with E-state index >= 15 is 0 Å². The Bertz CT molecular complexity index is 1200. The molecule has 3 aromatic rings. The van der Waals surface area contributed by atoms with Crippen molar-refractivity contribution >= 4 is 5.78 Å². The number of ether oxygens (including phenoxy) is 2. The first kappa shape index (κ1) is 27.3. The first-order valence-corrected chi connectivity index (χ1v) is 11.7. The average molecular weight is 497 g/mol. The molecule has 0 aliphatic carbocycles. The van der Waals surface area contributed by atoms with Crippen LogP contribution in [0.25, 0.3) is 11.3 Å². The molecule has 0 saturated heterocycles. The maximum atomic E-state index is 13.4. The largest absolute Gasteiger partial charge is 0.493 e. The van der Waals surface area contributed by atoms with Crippen molar-refractivity contribution in [2.45, 2.75) is 44.8 Å². The molecule has 36 heavy (non-hydrogen) atoms. The Kier molecular flexibility index (Phi) is 8.45. The topological polar surface area (TPSA) is 115 Å². The number of ketones is 1. The highest BCUT2D eigenvalue weighted by atomic mass is 19.1. The van der Waals surface area contributed by atoms with Crippen molar-refractivity contribution in [3.63, 3.8) is 0 Å². The number of aliphatic hydroxyl groups excluding tert-OH is 1. The van der Waals surface area contributed by atoms with Crippen molar-refractivity contribution in [3.05, 3.63) is 77.2 Å². The van der Waals surface area contributed by atoms with E-state index in [1.54, 1.807) is 43.3 Å². The molecule has 0 unspecified atom stereocenters. The van der Waals surface area contributed by atoms with Crippen LogP contribution >= 0.6 is 0 Å². The number of nitrogens with zero attached hydrogens (tertiary/aromatic N) is 1. The van der Waals surface area contributed by atoms with Gasteiger partial charge in [0.15, 0.2) is 17.3 Å². The Morgan fingerprint density at radius 3 is 2.36 bits per heavy atom. The molecule has 0 spiro atoms. The zero-order valence-electron chi connectivity index (χ0n) is 21.0. The van der Waals surface area contributed by atoms with Crippen molar-refractivity contribution in [3.8, 4) is 22.8 Å². The number of hydrogen-bond donors (Lipinski definition) is 3. The Morgan fingerprint density at radius 2 is 1.75 bits per heavy atom. The summed E-state index contributed by atoms with van der Waals surface area (Å²) in [5.41, 5.74) is 6.98. The van der Waals surface area contributed by atoms with Gasteiger partial charge in [0, 0.05) is 23.1 Å². The molecule has 1 heterocycles. The third-order valence-electron chi connectivity index (χ3n) is 5.93.